The number of carbonyl (C=O) groups excluding carboxylic acids is 2. The number of benzene rings is 2. The van der Waals surface area contributed by atoms with Crippen molar-refractivity contribution in [3.05, 3.63) is 65.7 Å². The molecular formula is C21H22NO4-. The van der Waals surface area contributed by atoms with E-state index in [-0.39, 0.29) is 12.5 Å². The molecule has 2 aromatic carbocycles. The van der Waals surface area contributed by atoms with Gasteiger partial charge in [-0.15, -0.1) is 0 Å². The van der Waals surface area contributed by atoms with Crippen molar-refractivity contribution in [1.82, 2.24) is 0 Å². The summed E-state index contributed by atoms with van der Waals surface area (Å²) in [5.41, 5.74) is 2.70. The summed E-state index contributed by atoms with van der Waals surface area (Å²) in [7, 11) is 0. The summed E-state index contributed by atoms with van der Waals surface area (Å²) in [6, 6.07) is 14.6. The van der Waals surface area contributed by atoms with Gasteiger partial charge in [-0.1, -0.05) is 43.7 Å². The normalized spacial score (nSPS) is 10.7. The van der Waals surface area contributed by atoms with Crippen LogP contribution in [0.4, 0.5) is 5.69 Å². The number of carbonyl (C=O) groups is 2. The number of carboxylic acids is 1. The molecule has 0 atom stereocenters. The van der Waals surface area contributed by atoms with Crippen LogP contribution in [0, 0.1) is 0 Å². The number of ether oxygens (including phenoxy) is 1. The molecule has 0 aliphatic carbocycles. The summed E-state index contributed by atoms with van der Waals surface area (Å²) in [4.78, 5) is 22.3. The van der Waals surface area contributed by atoms with Gasteiger partial charge in [0.15, 0.2) is 6.61 Å². The van der Waals surface area contributed by atoms with E-state index in [2.05, 4.69) is 12.2 Å². The summed E-state index contributed by atoms with van der Waals surface area (Å²) < 4.78 is 5.43. The van der Waals surface area contributed by atoms with Gasteiger partial charge < -0.3 is 20.0 Å². The summed E-state index contributed by atoms with van der Waals surface area (Å²) in [5.74, 6) is -0.965. The largest absolute Gasteiger partial charge is 0.545 e. The number of aliphatic carboxylic acids is 1. The van der Waals surface area contributed by atoms with Crippen LogP contribution in [-0.4, -0.2) is 18.5 Å². The lowest BCUT2D eigenvalue weighted by atomic mass is 10.1. The molecule has 0 heterocycles. The maximum atomic E-state index is 12.0. The summed E-state index contributed by atoms with van der Waals surface area (Å²) >= 11 is 0. The molecule has 5 heteroatoms. The van der Waals surface area contributed by atoms with E-state index < -0.39 is 5.97 Å². The number of nitrogens with one attached hydrogen (secondary N) is 1. The quantitative estimate of drug-likeness (QED) is 0.704. The lowest BCUT2D eigenvalue weighted by molar-refractivity contribution is -0.297. The van der Waals surface area contributed by atoms with E-state index in [9.17, 15) is 14.7 Å². The van der Waals surface area contributed by atoms with Crippen molar-refractivity contribution in [3.8, 4) is 5.75 Å². The maximum Gasteiger partial charge on any atom is 0.262 e. The van der Waals surface area contributed by atoms with Crippen LogP contribution >= 0.6 is 0 Å². The predicted molar refractivity (Wildman–Crippen MR) is 99.7 cm³/mol. The SMILES string of the molecule is CCCCc1ccc(NC(=O)COc2ccc(/C=C/C(=O)[O-])cc2)cc1. The topological polar surface area (TPSA) is 78.5 Å². The predicted octanol–water partition coefficient (Wildman–Crippen LogP) is 2.81. The highest BCUT2D eigenvalue weighted by Crippen LogP contribution is 2.14. The Morgan fingerprint density at radius 3 is 2.38 bits per heavy atom. The molecule has 0 radical (unpaired) electrons. The zero-order chi connectivity index (χ0) is 18.8. The van der Waals surface area contributed by atoms with Crippen molar-refractivity contribution in [2.24, 2.45) is 0 Å². The average Bonchev–Trinajstić information content (AvgIpc) is 2.65. The van der Waals surface area contributed by atoms with Crippen molar-refractivity contribution >= 4 is 23.6 Å². The molecule has 0 saturated carbocycles. The maximum absolute atomic E-state index is 12.0. The highest BCUT2D eigenvalue weighted by atomic mass is 16.5. The Morgan fingerprint density at radius 1 is 1.08 bits per heavy atom. The molecule has 0 fully saturated rings. The first-order chi connectivity index (χ1) is 12.6. The smallest absolute Gasteiger partial charge is 0.262 e. The molecule has 0 spiro atoms. The first kappa shape index (κ1) is 19.2. The second-order valence-electron chi connectivity index (χ2n) is 5.86. The Balaban J connectivity index is 1.80. The third kappa shape index (κ3) is 6.81. The molecule has 0 bridgehead atoms. The highest BCUT2D eigenvalue weighted by Gasteiger charge is 2.04. The van der Waals surface area contributed by atoms with Crippen LogP contribution in [-0.2, 0) is 16.0 Å². The molecule has 0 unspecified atom stereocenters. The summed E-state index contributed by atoms with van der Waals surface area (Å²) in [6.45, 7) is 2.05. The minimum Gasteiger partial charge on any atom is -0.545 e. The monoisotopic (exact) mass is 352 g/mol. The number of rotatable bonds is 9. The fraction of sp³-hybridized carbons (Fsp3) is 0.238. The number of amides is 1. The van der Waals surface area contributed by atoms with Gasteiger partial charge in [-0.3, -0.25) is 4.79 Å². The van der Waals surface area contributed by atoms with Crippen molar-refractivity contribution in [2.75, 3.05) is 11.9 Å². The highest BCUT2D eigenvalue weighted by molar-refractivity contribution is 5.91. The second-order valence-corrected chi connectivity index (χ2v) is 5.86. The van der Waals surface area contributed by atoms with Crippen LogP contribution in [0.3, 0.4) is 0 Å². The molecule has 26 heavy (non-hydrogen) atoms. The lowest BCUT2D eigenvalue weighted by Gasteiger charge is -2.08. The third-order valence-corrected chi connectivity index (χ3v) is 3.72. The Morgan fingerprint density at radius 2 is 1.77 bits per heavy atom. The molecule has 1 amide bonds. The molecule has 2 rings (SSSR count). The fourth-order valence-corrected chi connectivity index (χ4v) is 2.32. The van der Waals surface area contributed by atoms with Gasteiger partial charge in [-0.25, -0.2) is 0 Å². The van der Waals surface area contributed by atoms with Gasteiger partial charge in [0.2, 0.25) is 0 Å². The van der Waals surface area contributed by atoms with E-state index in [0.29, 0.717) is 11.3 Å². The summed E-state index contributed by atoms with van der Waals surface area (Å²) in [6.07, 6.45) is 5.74. The van der Waals surface area contributed by atoms with Crippen molar-refractivity contribution in [2.45, 2.75) is 26.2 Å². The molecule has 1 N–H and O–H groups in total. The zero-order valence-electron chi connectivity index (χ0n) is 14.7. The Labute approximate surface area is 153 Å². The molecular weight excluding hydrogens is 330 g/mol. The minimum absolute atomic E-state index is 0.105. The summed E-state index contributed by atoms with van der Waals surface area (Å²) in [5, 5.41) is 13.2. The van der Waals surface area contributed by atoms with Crippen LogP contribution in [0.1, 0.15) is 30.9 Å². The number of carboxylic acid groups (broad SMARTS) is 1. The molecule has 5 nitrogen and oxygen atoms in total. The number of hydrogen-bond donors (Lipinski definition) is 1. The van der Waals surface area contributed by atoms with Crippen molar-refractivity contribution in [1.29, 1.82) is 0 Å². The van der Waals surface area contributed by atoms with Crippen LogP contribution in [0.2, 0.25) is 0 Å². The molecule has 0 aliphatic rings. The van der Waals surface area contributed by atoms with E-state index in [1.165, 1.54) is 11.6 Å². The van der Waals surface area contributed by atoms with Gasteiger partial charge in [-0.2, -0.15) is 0 Å². The third-order valence-electron chi connectivity index (χ3n) is 3.72. The molecule has 0 aromatic heterocycles. The van der Waals surface area contributed by atoms with Gasteiger partial charge in [0.25, 0.3) is 5.91 Å². The van der Waals surface area contributed by atoms with Crippen LogP contribution in [0.15, 0.2) is 54.6 Å². The van der Waals surface area contributed by atoms with Crippen LogP contribution < -0.4 is 15.2 Å². The number of unbranched alkanes of at least 4 members (excludes halogenated alkanes) is 1. The van der Waals surface area contributed by atoms with Gasteiger partial charge in [0.1, 0.15) is 5.75 Å². The van der Waals surface area contributed by atoms with E-state index in [4.69, 9.17) is 4.74 Å². The average molecular weight is 352 g/mol. The Bertz CT molecular complexity index is 749. The zero-order valence-corrected chi connectivity index (χ0v) is 14.7. The van der Waals surface area contributed by atoms with Crippen molar-refractivity contribution < 1.29 is 19.4 Å². The fourth-order valence-electron chi connectivity index (χ4n) is 2.32. The first-order valence-electron chi connectivity index (χ1n) is 8.57. The van der Waals surface area contributed by atoms with E-state index >= 15 is 0 Å². The van der Waals surface area contributed by atoms with Crippen molar-refractivity contribution in [3.63, 3.8) is 0 Å². The van der Waals surface area contributed by atoms with Gasteiger partial charge >= 0.3 is 0 Å². The molecule has 0 aliphatic heterocycles. The first-order valence-corrected chi connectivity index (χ1v) is 8.57. The minimum atomic E-state index is -1.25. The lowest BCUT2D eigenvalue weighted by Crippen LogP contribution is -2.20. The molecule has 0 saturated heterocycles. The van der Waals surface area contributed by atoms with Gasteiger partial charge in [0, 0.05) is 5.69 Å². The van der Waals surface area contributed by atoms with E-state index in [1.54, 1.807) is 24.3 Å². The Kier molecular flexibility index (Phi) is 7.43. The van der Waals surface area contributed by atoms with Crippen LogP contribution in [0.25, 0.3) is 6.08 Å². The van der Waals surface area contributed by atoms with E-state index in [1.807, 2.05) is 24.3 Å². The number of aryl methyl sites for hydroxylation is 1. The molecule has 2 aromatic rings. The Hall–Kier alpha value is -3.08. The standard InChI is InChI=1S/C21H23NO4/c1-2-3-4-16-5-10-18(11-6-16)22-20(23)15-26-19-12-7-17(8-13-19)9-14-21(24)25/h5-14H,2-4,15H2,1H3,(H,22,23)(H,24,25)/p-1/b14-9+. The van der Waals surface area contributed by atoms with E-state index in [0.717, 1.165) is 31.0 Å². The number of hydrogen-bond acceptors (Lipinski definition) is 4. The van der Waals surface area contributed by atoms with Gasteiger partial charge in [-0.05, 0) is 54.3 Å². The molecule has 136 valence electrons. The second kappa shape index (κ2) is 10.0. The van der Waals surface area contributed by atoms with Gasteiger partial charge in [0.05, 0.1) is 5.97 Å². The van der Waals surface area contributed by atoms with Crippen LogP contribution in [0.5, 0.6) is 5.75 Å². The number of anilines is 1.